The Morgan fingerprint density at radius 1 is 1.20 bits per heavy atom. The monoisotopic (exact) mass is 293 g/mol. The number of aromatic nitrogens is 1. The molecule has 0 aromatic carbocycles. The molecule has 1 saturated heterocycles. The third-order valence-corrected chi connectivity index (χ3v) is 5.47. The lowest BCUT2D eigenvalue weighted by molar-refractivity contribution is 0.103. The summed E-state index contributed by atoms with van der Waals surface area (Å²) in [4.78, 5) is 7.10. The van der Waals surface area contributed by atoms with Gasteiger partial charge in [0.1, 0.15) is 5.82 Å². The minimum Gasteiger partial charge on any atom is -0.373 e. The largest absolute Gasteiger partial charge is 0.373 e. The molecule has 0 unspecified atom stereocenters. The molecule has 0 amide bonds. The first-order valence-electron chi connectivity index (χ1n) is 7.76. The van der Waals surface area contributed by atoms with Crippen LogP contribution in [0.1, 0.15) is 44.2 Å². The summed E-state index contributed by atoms with van der Waals surface area (Å²) >= 11 is 6.28. The van der Waals surface area contributed by atoms with Crippen LogP contribution in [0.4, 0.5) is 5.82 Å². The Kier molecular flexibility index (Phi) is 4.18. The summed E-state index contributed by atoms with van der Waals surface area (Å²) in [5, 5.41) is 3.87. The van der Waals surface area contributed by atoms with E-state index in [1.54, 1.807) is 0 Å². The lowest BCUT2D eigenvalue weighted by Crippen LogP contribution is -2.38. The Morgan fingerprint density at radius 2 is 1.90 bits per heavy atom. The summed E-state index contributed by atoms with van der Waals surface area (Å²) in [5.41, 5.74) is 1.68. The summed E-state index contributed by atoms with van der Waals surface area (Å²) in [6, 6.07) is 3.87. The van der Waals surface area contributed by atoms with Gasteiger partial charge in [-0.2, -0.15) is 0 Å². The molecule has 1 aromatic heterocycles. The molecule has 1 aliphatic heterocycles. The van der Waals surface area contributed by atoms with Crippen LogP contribution in [0.3, 0.4) is 0 Å². The van der Waals surface area contributed by atoms with Crippen LogP contribution in [0.5, 0.6) is 0 Å². The van der Waals surface area contributed by atoms with Crippen molar-refractivity contribution in [2.75, 3.05) is 25.5 Å². The Bertz CT molecular complexity index is 459. The zero-order valence-electron chi connectivity index (χ0n) is 12.3. The van der Waals surface area contributed by atoms with Crippen molar-refractivity contribution >= 4 is 17.4 Å². The van der Waals surface area contributed by atoms with Crippen molar-refractivity contribution in [1.29, 1.82) is 0 Å². The van der Waals surface area contributed by atoms with Gasteiger partial charge in [0.2, 0.25) is 0 Å². The van der Waals surface area contributed by atoms with E-state index in [-0.39, 0.29) is 0 Å². The van der Waals surface area contributed by atoms with E-state index in [0.717, 1.165) is 23.1 Å². The van der Waals surface area contributed by atoms with Crippen LogP contribution in [0, 0.1) is 5.41 Å². The van der Waals surface area contributed by atoms with Crippen molar-refractivity contribution in [2.45, 2.75) is 45.1 Å². The van der Waals surface area contributed by atoms with E-state index in [1.807, 2.05) is 19.2 Å². The van der Waals surface area contributed by atoms with E-state index in [2.05, 4.69) is 15.2 Å². The molecule has 2 fully saturated rings. The highest BCUT2D eigenvalue weighted by Gasteiger charge is 2.36. The lowest BCUT2D eigenvalue weighted by Gasteiger charge is -2.39. The molecule has 0 bridgehead atoms. The van der Waals surface area contributed by atoms with Crippen LogP contribution in [0.25, 0.3) is 0 Å². The SMILES string of the molecule is CNc1ccc(Cl)c(CN2CCC3(CCCC3)CC2)n1. The molecular formula is C16H24ClN3. The van der Waals surface area contributed by atoms with E-state index >= 15 is 0 Å². The third-order valence-electron chi connectivity index (χ3n) is 5.13. The predicted molar refractivity (Wildman–Crippen MR) is 84.2 cm³/mol. The third kappa shape index (κ3) is 2.94. The molecule has 20 heavy (non-hydrogen) atoms. The van der Waals surface area contributed by atoms with E-state index in [0.29, 0.717) is 5.41 Å². The summed E-state index contributed by atoms with van der Waals surface area (Å²) < 4.78 is 0. The van der Waals surface area contributed by atoms with Gasteiger partial charge in [0.25, 0.3) is 0 Å². The molecule has 2 heterocycles. The second-order valence-corrected chi connectivity index (χ2v) is 6.77. The quantitative estimate of drug-likeness (QED) is 0.915. The van der Waals surface area contributed by atoms with Gasteiger partial charge in [0.05, 0.1) is 10.7 Å². The molecule has 1 spiro atoms. The maximum absolute atomic E-state index is 6.28. The smallest absolute Gasteiger partial charge is 0.126 e. The minimum absolute atomic E-state index is 0.681. The number of pyridine rings is 1. The second kappa shape index (κ2) is 5.90. The molecule has 0 atom stereocenters. The standard InChI is InChI=1S/C16H24ClN3/c1-18-15-5-4-13(17)14(19-15)12-20-10-8-16(9-11-20)6-2-3-7-16/h4-5H,2-3,6-12H2,1H3,(H,18,19). The van der Waals surface area contributed by atoms with Crippen LogP contribution in [-0.4, -0.2) is 30.0 Å². The van der Waals surface area contributed by atoms with Crippen molar-refractivity contribution in [3.63, 3.8) is 0 Å². The van der Waals surface area contributed by atoms with Gasteiger partial charge < -0.3 is 5.32 Å². The molecule has 2 aliphatic rings. The fourth-order valence-electron chi connectivity index (χ4n) is 3.76. The number of nitrogens with zero attached hydrogens (tertiary/aromatic N) is 2. The van der Waals surface area contributed by atoms with Crippen LogP contribution in [0.2, 0.25) is 5.02 Å². The maximum Gasteiger partial charge on any atom is 0.126 e. The molecule has 1 saturated carbocycles. The number of likely N-dealkylation sites (tertiary alicyclic amines) is 1. The molecule has 1 N–H and O–H groups in total. The fraction of sp³-hybridized carbons (Fsp3) is 0.688. The second-order valence-electron chi connectivity index (χ2n) is 6.36. The number of piperidine rings is 1. The van der Waals surface area contributed by atoms with E-state index in [9.17, 15) is 0 Å². The Morgan fingerprint density at radius 3 is 2.55 bits per heavy atom. The summed E-state index contributed by atoms with van der Waals surface area (Å²) in [6.07, 6.45) is 8.51. The van der Waals surface area contributed by atoms with Gasteiger partial charge in [-0.05, 0) is 56.3 Å². The first-order chi connectivity index (χ1) is 9.71. The van der Waals surface area contributed by atoms with Crippen molar-refractivity contribution in [3.05, 3.63) is 22.8 Å². The van der Waals surface area contributed by atoms with E-state index in [4.69, 9.17) is 11.6 Å². The van der Waals surface area contributed by atoms with Crippen LogP contribution in [0.15, 0.2) is 12.1 Å². The summed E-state index contributed by atoms with van der Waals surface area (Å²) in [6.45, 7) is 3.27. The molecule has 3 nitrogen and oxygen atoms in total. The normalized spacial score (nSPS) is 22.3. The number of rotatable bonds is 3. The molecule has 0 radical (unpaired) electrons. The Hall–Kier alpha value is -0.800. The van der Waals surface area contributed by atoms with Gasteiger partial charge in [-0.1, -0.05) is 24.4 Å². The van der Waals surface area contributed by atoms with E-state index < -0.39 is 0 Å². The highest BCUT2D eigenvalue weighted by atomic mass is 35.5. The Balaban J connectivity index is 1.62. The minimum atomic E-state index is 0.681. The van der Waals surface area contributed by atoms with Crippen LogP contribution in [-0.2, 0) is 6.54 Å². The fourth-order valence-corrected chi connectivity index (χ4v) is 3.92. The first-order valence-corrected chi connectivity index (χ1v) is 8.14. The lowest BCUT2D eigenvalue weighted by atomic mass is 9.77. The van der Waals surface area contributed by atoms with Crippen molar-refractivity contribution in [2.24, 2.45) is 5.41 Å². The number of hydrogen-bond acceptors (Lipinski definition) is 3. The molecule has 1 aromatic rings. The molecule has 110 valence electrons. The van der Waals surface area contributed by atoms with E-state index in [1.165, 1.54) is 51.6 Å². The van der Waals surface area contributed by atoms with Crippen molar-refractivity contribution in [3.8, 4) is 0 Å². The summed E-state index contributed by atoms with van der Waals surface area (Å²) in [7, 11) is 1.89. The molecule has 4 heteroatoms. The number of anilines is 1. The predicted octanol–water partition coefficient (Wildman–Crippen LogP) is 3.93. The van der Waals surface area contributed by atoms with Crippen LogP contribution >= 0.6 is 11.6 Å². The highest BCUT2D eigenvalue weighted by Crippen LogP contribution is 2.46. The molecular weight excluding hydrogens is 270 g/mol. The first kappa shape index (κ1) is 14.2. The number of nitrogens with one attached hydrogen (secondary N) is 1. The van der Waals surface area contributed by atoms with Gasteiger partial charge >= 0.3 is 0 Å². The highest BCUT2D eigenvalue weighted by molar-refractivity contribution is 6.31. The van der Waals surface area contributed by atoms with Gasteiger partial charge in [-0.3, -0.25) is 4.90 Å². The average Bonchev–Trinajstić information content (AvgIpc) is 2.92. The van der Waals surface area contributed by atoms with Gasteiger partial charge in [0.15, 0.2) is 0 Å². The van der Waals surface area contributed by atoms with Gasteiger partial charge in [-0.15, -0.1) is 0 Å². The summed E-state index contributed by atoms with van der Waals surface area (Å²) in [5.74, 6) is 0.897. The average molecular weight is 294 g/mol. The van der Waals surface area contributed by atoms with Gasteiger partial charge in [-0.25, -0.2) is 4.98 Å². The molecule has 1 aliphatic carbocycles. The zero-order valence-corrected chi connectivity index (χ0v) is 13.0. The number of halogens is 1. The van der Waals surface area contributed by atoms with Crippen molar-refractivity contribution in [1.82, 2.24) is 9.88 Å². The van der Waals surface area contributed by atoms with Crippen molar-refractivity contribution < 1.29 is 0 Å². The molecule has 3 rings (SSSR count). The topological polar surface area (TPSA) is 28.2 Å². The Labute approximate surface area is 126 Å². The van der Waals surface area contributed by atoms with Gasteiger partial charge in [0, 0.05) is 13.6 Å². The zero-order chi connectivity index (χ0) is 14.0. The number of hydrogen-bond donors (Lipinski definition) is 1. The maximum atomic E-state index is 6.28. The van der Waals surface area contributed by atoms with Crippen LogP contribution < -0.4 is 5.32 Å².